The van der Waals surface area contributed by atoms with E-state index in [2.05, 4.69) is 63.8 Å². The number of unbranched alkanes of at least 4 members (excludes halogenated alkanes) is 15. The first-order chi connectivity index (χ1) is 23.9. The van der Waals surface area contributed by atoms with Crippen molar-refractivity contribution in [3.8, 4) is 0 Å². The highest BCUT2D eigenvalue weighted by molar-refractivity contribution is 5.69. The zero-order chi connectivity index (χ0) is 35.6. The van der Waals surface area contributed by atoms with Gasteiger partial charge in [-0.15, -0.1) is 0 Å². The van der Waals surface area contributed by atoms with E-state index in [4.69, 9.17) is 4.74 Å². The highest BCUT2D eigenvalue weighted by Gasteiger charge is 2.17. The van der Waals surface area contributed by atoms with Crippen molar-refractivity contribution in [1.82, 2.24) is 4.90 Å². The average Bonchev–Trinajstić information content (AvgIpc) is 3.09. The molecule has 0 saturated carbocycles. The Balaban J connectivity index is 2.12. The molecular formula is C46H87NO2. The standard InChI is InChI=1S/C46H87NO2/c1-6-7-8-9-10-11-12-13-14-15-16-17-18-19-20-23-27-32-44(37-40-47-38-30-26-31-39-47)33-28-24-21-22-25-29-34-46(48)49-41-45(43(4)5)36-35-42(2)3/h10-11,13-14,42-45H,6-9,12,15-41H2,1-5H3/b11-10-,14-13-. The second-order valence-corrected chi connectivity index (χ2v) is 16.6. The highest BCUT2D eigenvalue weighted by atomic mass is 16.5. The third-order valence-corrected chi connectivity index (χ3v) is 11.1. The minimum atomic E-state index is 0.0200. The summed E-state index contributed by atoms with van der Waals surface area (Å²) >= 11 is 0. The van der Waals surface area contributed by atoms with Crippen LogP contribution in [0, 0.1) is 23.7 Å². The van der Waals surface area contributed by atoms with Gasteiger partial charge in [0.05, 0.1) is 6.61 Å². The Hall–Kier alpha value is -1.09. The lowest BCUT2D eigenvalue weighted by atomic mass is 9.89. The molecule has 1 heterocycles. The normalized spacial score (nSPS) is 15.7. The van der Waals surface area contributed by atoms with E-state index in [0.717, 1.165) is 25.2 Å². The van der Waals surface area contributed by atoms with Crippen LogP contribution >= 0.6 is 0 Å². The third-order valence-electron chi connectivity index (χ3n) is 11.1. The van der Waals surface area contributed by atoms with Crippen LogP contribution < -0.4 is 0 Å². The van der Waals surface area contributed by atoms with Gasteiger partial charge in [0.2, 0.25) is 0 Å². The molecular weight excluding hydrogens is 599 g/mol. The molecule has 0 spiro atoms. The fourth-order valence-electron chi connectivity index (χ4n) is 7.42. The van der Waals surface area contributed by atoms with Gasteiger partial charge < -0.3 is 9.64 Å². The molecule has 0 bridgehead atoms. The van der Waals surface area contributed by atoms with E-state index in [1.807, 2.05) is 0 Å². The topological polar surface area (TPSA) is 29.5 Å². The second kappa shape index (κ2) is 34.0. The van der Waals surface area contributed by atoms with Gasteiger partial charge in [-0.1, -0.05) is 168 Å². The Morgan fingerprint density at radius 2 is 1.16 bits per heavy atom. The molecule has 1 fully saturated rings. The van der Waals surface area contributed by atoms with Crippen LogP contribution in [0.1, 0.15) is 214 Å². The first kappa shape index (κ1) is 45.9. The number of nitrogens with zero attached hydrogens (tertiary/aromatic N) is 1. The summed E-state index contributed by atoms with van der Waals surface area (Å²) in [4.78, 5) is 15.1. The Morgan fingerprint density at radius 3 is 1.73 bits per heavy atom. The van der Waals surface area contributed by atoms with Crippen molar-refractivity contribution >= 4 is 5.97 Å². The Morgan fingerprint density at radius 1 is 0.612 bits per heavy atom. The predicted octanol–water partition coefficient (Wildman–Crippen LogP) is 14.4. The van der Waals surface area contributed by atoms with Crippen LogP contribution in [-0.2, 0) is 9.53 Å². The van der Waals surface area contributed by atoms with Gasteiger partial charge in [-0.3, -0.25) is 4.79 Å². The minimum Gasteiger partial charge on any atom is -0.465 e. The van der Waals surface area contributed by atoms with E-state index in [0.29, 0.717) is 30.8 Å². The molecule has 1 saturated heterocycles. The van der Waals surface area contributed by atoms with Crippen molar-refractivity contribution in [3.63, 3.8) is 0 Å². The van der Waals surface area contributed by atoms with Gasteiger partial charge in [0, 0.05) is 6.42 Å². The quantitative estimate of drug-likeness (QED) is 0.0383. The summed E-state index contributed by atoms with van der Waals surface area (Å²) in [5.74, 6) is 2.73. The SMILES string of the molecule is CCCCC/C=C\C/C=C\CCCCCCCCCC(CCCCCCCCC(=O)OCC(CCC(C)C)C(C)C)CCN1CCCCC1. The van der Waals surface area contributed by atoms with E-state index >= 15 is 0 Å². The number of esters is 1. The van der Waals surface area contributed by atoms with Crippen molar-refractivity contribution in [3.05, 3.63) is 24.3 Å². The molecule has 3 nitrogen and oxygen atoms in total. The van der Waals surface area contributed by atoms with Crippen LogP contribution in [0.5, 0.6) is 0 Å². The summed E-state index contributed by atoms with van der Waals surface area (Å²) in [5, 5.41) is 0. The van der Waals surface area contributed by atoms with E-state index in [1.54, 1.807) is 0 Å². The maximum atomic E-state index is 12.3. The number of carbonyl (C=O) groups is 1. The summed E-state index contributed by atoms with van der Waals surface area (Å²) in [6.07, 6.45) is 46.0. The molecule has 2 unspecified atom stereocenters. The van der Waals surface area contributed by atoms with Crippen molar-refractivity contribution in [2.75, 3.05) is 26.2 Å². The summed E-state index contributed by atoms with van der Waals surface area (Å²) in [6.45, 7) is 16.0. The van der Waals surface area contributed by atoms with Gasteiger partial charge in [-0.2, -0.15) is 0 Å². The van der Waals surface area contributed by atoms with Crippen molar-refractivity contribution in [2.45, 2.75) is 214 Å². The van der Waals surface area contributed by atoms with Gasteiger partial charge in [-0.25, -0.2) is 0 Å². The van der Waals surface area contributed by atoms with Gasteiger partial charge in [0.25, 0.3) is 0 Å². The molecule has 1 rings (SSSR count). The molecule has 2 atom stereocenters. The molecule has 3 heteroatoms. The number of hydrogen-bond acceptors (Lipinski definition) is 3. The highest BCUT2D eigenvalue weighted by Crippen LogP contribution is 2.24. The van der Waals surface area contributed by atoms with E-state index < -0.39 is 0 Å². The summed E-state index contributed by atoms with van der Waals surface area (Å²) in [7, 11) is 0. The molecule has 0 amide bonds. The molecule has 0 aromatic heterocycles. The van der Waals surface area contributed by atoms with Crippen LogP contribution in [0.15, 0.2) is 24.3 Å². The van der Waals surface area contributed by atoms with E-state index in [1.165, 1.54) is 174 Å². The van der Waals surface area contributed by atoms with Crippen LogP contribution in [0.2, 0.25) is 0 Å². The molecule has 1 aliphatic rings. The fraction of sp³-hybridized carbons (Fsp3) is 0.891. The monoisotopic (exact) mass is 686 g/mol. The van der Waals surface area contributed by atoms with Crippen LogP contribution in [0.3, 0.4) is 0 Å². The number of hydrogen-bond donors (Lipinski definition) is 0. The van der Waals surface area contributed by atoms with Gasteiger partial charge in [-0.05, 0) is 108 Å². The van der Waals surface area contributed by atoms with Gasteiger partial charge in [0.1, 0.15) is 0 Å². The molecule has 0 N–H and O–H groups in total. The van der Waals surface area contributed by atoms with Crippen LogP contribution in [-0.4, -0.2) is 37.1 Å². The Bertz CT molecular complexity index is 765. The molecule has 0 aliphatic carbocycles. The second-order valence-electron chi connectivity index (χ2n) is 16.6. The summed E-state index contributed by atoms with van der Waals surface area (Å²) < 4.78 is 5.69. The minimum absolute atomic E-state index is 0.0200. The lowest BCUT2D eigenvalue weighted by Gasteiger charge is -2.28. The molecule has 0 aromatic carbocycles. The smallest absolute Gasteiger partial charge is 0.305 e. The predicted molar refractivity (Wildman–Crippen MR) is 217 cm³/mol. The van der Waals surface area contributed by atoms with E-state index in [9.17, 15) is 4.79 Å². The fourth-order valence-corrected chi connectivity index (χ4v) is 7.42. The summed E-state index contributed by atoms with van der Waals surface area (Å²) in [5.41, 5.74) is 0. The van der Waals surface area contributed by atoms with Gasteiger partial charge >= 0.3 is 5.97 Å². The maximum absolute atomic E-state index is 12.3. The van der Waals surface area contributed by atoms with Gasteiger partial charge in [0.15, 0.2) is 0 Å². The molecule has 0 aromatic rings. The van der Waals surface area contributed by atoms with Crippen molar-refractivity contribution in [2.24, 2.45) is 23.7 Å². The van der Waals surface area contributed by atoms with Crippen LogP contribution in [0.25, 0.3) is 0 Å². The number of allylic oxidation sites excluding steroid dienone is 4. The average molecular weight is 686 g/mol. The largest absolute Gasteiger partial charge is 0.465 e. The first-order valence-electron chi connectivity index (χ1n) is 22.1. The number of piperidine rings is 1. The number of likely N-dealkylation sites (tertiary alicyclic amines) is 1. The van der Waals surface area contributed by atoms with E-state index in [-0.39, 0.29) is 5.97 Å². The zero-order valence-corrected chi connectivity index (χ0v) is 34.0. The number of carbonyl (C=O) groups excluding carboxylic acids is 1. The lowest BCUT2D eigenvalue weighted by molar-refractivity contribution is -0.145. The van der Waals surface area contributed by atoms with Crippen molar-refractivity contribution < 1.29 is 9.53 Å². The van der Waals surface area contributed by atoms with Crippen LogP contribution in [0.4, 0.5) is 0 Å². The summed E-state index contributed by atoms with van der Waals surface area (Å²) in [6, 6.07) is 0. The lowest BCUT2D eigenvalue weighted by Crippen LogP contribution is -2.31. The number of ether oxygens (including phenoxy) is 1. The molecule has 1 aliphatic heterocycles. The molecule has 49 heavy (non-hydrogen) atoms. The Labute approximate surface area is 308 Å². The maximum Gasteiger partial charge on any atom is 0.305 e. The first-order valence-corrected chi connectivity index (χ1v) is 22.1. The Kier molecular flexibility index (Phi) is 31.9. The molecule has 0 radical (unpaired) electrons. The van der Waals surface area contributed by atoms with Crippen molar-refractivity contribution in [1.29, 1.82) is 0 Å². The zero-order valence-electron chi connectivity index (χ0n) is 34.0. The number of rotatable bonds is 34. The molecule has 288 valence electrons. The third kappa shape index (κ3) is 30.3.